The summed E-state index contributed by atoms with van der Waals surface area (Å²) in [6, 6.07) is 12.7. The van der Waals surface area contributed by atoms with Crippen molar-refractivity contribution in [1.82, 2.24) is 0 Å². The molecule has 0 heterocycles. The smallest absolute Gasteiger partial charge is 0.316 e. The van der Waals surface area contributed by atoms with Crippen LogP contribution in [-0.2, 0) is 14.9 Å². The minimum atomic E-state index is -0.395. The van der Waals surface area contributed by atoms with Crippen LogP contribution < -0.4 is 0 Å². The Morgan fingerprint density at radius 3 is 2.42 bits per heavy atom. The van der Waals surface area contributed by atoms with Crippen molar-refractivity contribution < 1.29 is 9.53 Å². The Balaban J connectivity index is 2.10. The van der Waals surface area contributed by atoms with Crippen LogP contribution in [-0.4, -0.2) is 13.1 Å². The number of methoxy groups -OCH3 is 1. The van der Waals surface area contributed by atoms with Gasteiger partial charge in [0.2, 0.25) is 0 Å². The fourth-order valence-electron chi connectivity index (χ4n) is 3.00. The molecule has 0 aromatic heterocycles. The van der Waals surface area contributed by atoms with Gasteiger partial charge in [-0.1, -0.05) is 48.4 Å². The molecule has 1 aliphatic carbocycles. The van der Waals surface area contributed by atoms with Crippen LogP contribution in [0.5, 0.6) is 0 Å². The number of hydrogen-bond acceptors (Lipinski definition) is 2. The summed E-state index contributed by atoms with van der Waals surface area (Å²) in [6.07, 6.45) is 2.90. The SMILES string of the molecule is COC(=O)C1(c2ccc3cc(C)ccc3c2)CCC1. The van der Waals surface area contributed by atoms with E-state index in [1.54, 1.807) is 0 Å². The number of carbonyl (C=O) groups is 1. The van der Waals surface area contributed by atoms with Gasteiger partial charge in [0.15, 0.2) is 0 Å². The molecule has 19 heavy (non-hydrogen) atoms. The zero-order valence-electron chi connectivity index (χ0n) is 11.4. The lowest BCUT2D eigenvalue weighted by Crippen LogP contribution is -2.43. The number of fused-ring (bicyclic) bond motifs is 1. The molecule has 0 amide bonds. The molecular formula is C17H18O2. The molecule has 2 aromatic rings. The summed E-state index contributed by atoms with van der Waals surface area (Å²) < 4.78 is 5.00. The highest BCUT2D eigenvalue weighted by Crippen LogP contribution is 2.45. The quantitative estimate of drug-likeness (QED) is 0.763. The van der Waals surface area contributed by atoms with Crippen LogP contribution in [0.4, 0.5) is 0 Å². The van der Waals surface area contributed by atoms with Crippen molar-refractivity contribution in [1.29, 1.82) is 0 Å². The predicted octanol–water partition coefficient (Wildman–Crippen LogP) is 3.74. The third-order valence-corrected chi connectivity index (χ3v) is 4.33. The first-order chi connectivity index (χ1) is 9.15. The number of aryl methyl sites for hydroxylation is 1. The topological polar surface area (TPSA) is 26.3 Å². The van der Waals surface area contributed by atoms with Gasteiger partial charge in [-0.15, -0.1) is 0 Å². The summed E-state index contributed by atoms with van der Waals surface area (Å²) in [7, 11) is 1.48. The lowest BCUT2D eigenvalue weighted by molar-refractivity contribution is -0.151. The minimum Gasteiger partial charge on any atom is -0.468 e. The molecule has 1 fully saturated rings. The summed E-state index contributed by atoms with van der Waals surface area (Å²) >= 11 is 0. The summed E-state index contributed by atoms with van der Waals surface area (Å²) in [6.45, 7) is 2.09. The Labute approximate surface area is 113 Å². The van der Waals surface area contributed by atoms with Crippen molar-refractivity contribution in [2.24, 2.45) is 0 Å². The number of ether oxygens (including phenoxy) is 1. The summed E-state index contributed by atoms with van der Waals surface area (Å²) in [5.74, 6) is -0.0924. The second kappa shape index (κ2) is 4.37. The number of benzene rings is 2. The van der Waals surface area contributed by atoms with Gasteiger partial charge in [0.25, 0.3) is 0 Å². The molecule has 2 heteroatoms. The van der Waals surface area contributed by atoms with Gasteiger partial charge in [0, 0.05) is 0 Å². The van der Waals surface area contributed by atoms with E-state index < -0.39 is 5.41 Å². The molecule has 3 rings (SSSR count). The minimum absolute atomic E-state index is 0.0924. The monoisotopic (exact) mass is 254 g/mol. The molecule has 0 spiro atoms. The van der Waals surface area contributed by atoms with E-state index in [4.69, 9.17) is 4.74 Å². The van der Waals surface area contributed by atoms with Gasteiger partial charge in [-0.05, 0) is 36.1 Å². The van der Waals surface area contributed by atoms with Crippen LogP contribution in [0, 0.1) is 6.92 Å². The molecule has 0 atom stereocenters. The van der Waals surface area contributed by atoms with Crippen LogP contribution in [0.3, 0.4) is 0 Å². The highest BCUT2D eigenvalue weighted by molar-refractivity contribution is 5.89. The molecule has 1 aliphatic rings. The highest BCUT2D eigenvalue weighted by atomic mass is 16.5. The van der Waals surface area contributed by atoms with Gasteiger partial charge in [-0.3, -0.25) is 4.79 Å². The largest absolute Gasteiger partial charge is 0.468 e. The molecule has 0 N–H and O–H groups in total. The Hall–Kier alpha value is -1.83. The molecule has 1 saturated carbocycles. The molecule has 0 bridgehead atoms. The Bertz CT molecular complexity index is 639. The number of carbonyl (C=O) groups excluding carboxylic acids is 1. The van der Waals surface area contributed by atoms with E-state index in [2.05, 4.69) is 43.3 Å². The lowest BCUT2D eigenvalue weighted by atomic mass is 9.64. The normalized spacial score (nSPS) is 16.9. The second-order valence-electron chi connectivity index (χ2n) is 5.49. The Kier molecular flexibility index (Phi) is 2.81. The number of esters is 1. The number of hydrogen-bond donors (Lipinski definition) is 0. The van der Waals surface area contributed by atoms with Crippen LogP contribution >= 0.6 is 0 Å². The number of rotatable bonds is 2. The first kappa shape index (κ1) is 12.2. The molecule has 0 saturated heterocycles. The van der Waals surface area contributed by atoms with Gasteiger partial charge in [-0.2, -0.15) is 0 Å². The van der Waals surface area contributed by atoms with Crippen molar-refractivity contribution in [3.8, 4) is 0 Å². The second-order valence-corrected chi connectivity index (χ2v) is 5.49. The highest BCUT2D eigenvalue weighted by Gasteiger charge is 2.46. The maximum Gasteiger partial charge on any atom is 0.316 e. The fraction of sp³-hybridized carbons (Fsp3) is 0.353. The first-order valence-corrected chi connectivity index (χ1v) is 6.75. The van der Waals surface area contributed by atoms with E-state index in [0.717, 1.165) is 24.8 Å². The third-order valence-electron chi connectivity index (χ3n) is 4.33. The average molecular weight is 254 g/mol. The third kappa shape index (κ3) is 1.83. The molecule has 2 aromatic carbocycles. The molecule has 98 valence electrons. The van der Waals surface area contributed by atoms with Crippen molar-refractivity contribution in [3.63, 3.8) is 0 Å². The zero-order chi connectivity index (χ0) is 13.5. The van der Waals surface area contributed by atoms with Crippen LogP contribution in [0.25, 0.3) is 10.8 Å². The Morgan fingerprint density at radius 1 is 1.11 bits per heavy atom. The summed E-state index contributed by atoms with van der Waals surface area (Å²) in [4.78, 5) is 12.1. The van der Waals surface area contributed by atoms with Gasteiger partial charge in [-0.25, -0.2) is 0 Å². The zero-order valence-corrected chi connectivity index (χ0v) is 11.4. The maximum absolute atomic E-state index is 12.1. The van der Waals surface area contributed by atoms with Gasteiger partial charge < -0.3 is 4.74 Å². The van der Waals surface area contributed by atoms with E-state index in [0.29, 0.717) is 0 Å². The summed E-state index contributed by atoms with van der Waals surface area (Å²) in [5, 5.41) is 2.42. The van der Waals surface area contributed by atoms with E-state index in [1.807, 2.05) is 0 Å². The van der Waals surface area contributed by atoms with E-state index in [1.165, 1.54) is 23.4 Å². The molecule has 2 nitrogen and oxygen atoms in total. The van der Waals surface area contributed by atoms with Gasteiger partial charge in [0.05, 0.1) is 12.5 Å². The van der Waals surface area contributed by atoms with Crippen molar-refractivity contribution in [2.75, 3.05) is 7.11 Å². The van der Waals surface area contributed by atoms with Crippen LogP contribution in [0.15, 0.2) is 36.4 Å². The fourth-order valence-corrected chi connectivity index (χ4v) is 3.00. The van der Waals surface area contributed by atoms with Crippen molar-refractivity contribution in [3.05, 3.63) is 47.5 Å². The van der Waals surface area contributed by atoms with Gasteiger partial charge >= 0.3 is 5.97 Å². The van der Waals surface area contributed by atoms with Crippen molar-refractivity contribution >= 4 is 16.7 Å². The average Bonchev–Trinajstić information content (AvgIpc) is 2.37. The van der Waals surface area contributed by atoms with E-state index in [-0.39, 0.29) is 5.97 Å². The molecule has 0 unspecified atom stereocenters. The molecule has 0 aliphatic heterocycles. The standard InChI is InChI=1S/C17H18O2/c1-12-4-5-14-11-15(7-6-13(14)10-12)17(8-3-9-17)16(18)19-2/h4-7,10-11H,3,8-9H2,1-2H3. The maximum atomic E-state index is 12.1. The molecule has 0 radical (unpaired) electrons. The van der Waals surface area contributed by atoms with Crippen LogP contribution in [0.2, 0.25) is 0 Å². The van der Waals surface area contributed by atoms with E-state index >= 15 is 0 Å². The van der Waals surface area contributed by atoms with E-state index in [9.17, 15) is 4.79 Å². The predicted molar refractivity (Wildman–Crippen MR) is 76.2 cm³/mol. The molecular weight excluding hydrogens is 236 g/mol. The summed E-state index contributed by atoms with van der Waals surface area (Å²) in [5.41, 5.74) is 1.96. The Morgan fingerprint density at radius 2 is 1.79 bits per heavy atom. The lowest BCUT2D eigenvalue weighted by Gasteiger charge is -2.39. The van der Waals surface area contributed by atoms with Crippen LogP contribution in [0.1, 0.15) is 30.4 Å². The first-order valence-electron chi connectivity index (χ1n) is 6.75. The van der Waals surface area contributed by atoms with Gasteiger partial charge in [0.1, 0.15) is 0 Å². The van der Waals surface area contributed by atoms with Crippen molar-refractivity contribution in [2.45, 2.75) is 31.6 Å².